The second-order valence-corrected chi connectivity index (χ2v) is 16.2. The molecule has 0 spiro atoms. The third-order valence-electron chi connectivity index (χ3n) is 12.7. The van der Waals surface area contributed by atoms with E-state index in [0.29, 0.717) is 67.5 Å². The van der Waals surface area contributed by atoms with Crippen molar-refractivity contribution >= 4 is 35.0 Å². The van der Waals surface area contributed by atoms with Gasteiger partial charge in [-0.25, -0.2) is 28.2 Å². The molecule has 0 bridgehead atoms. The smallest absolute Gasteiger partial charge is 0.353 e. The first kappa shape index (κ1) is 42.0. The minimum atomic E-state index is -0.550. The number of halogens is 1. The zero-order valence-electron chi connectivity index (χ0n) is 36.1. The number of ether oxygens (including phenoxy) is 2. The zero-order chi connectivity index (χ0) is 44.6. The molecule has 0 aliphatic carbocycles. The van der Waals surface area contributed by atoms with Crippen molar-refractivity contribution in [2.75, 3.05) is 55.1 Å². The summed E-state index contributed by atoms with van der Waals surface area (Å²) in [5.41, 5.74) is 7.21. The lowest BCUT2D eigenvalue weighted by molar-refractivity contribution is -0.134. The van der Waals surface area contributed by atoms with E-state index in [2.05, 4.69) is 27.5 Å². The molecular formula is C48H50FN9O6. The van der Waals surface area contributed by atoms with Crippen LogP contribution in [0.3, 0.4) is 0 Å². The Morgan fingerprint density at radius 3 is 2.30 bits per heavy atom. The van der Waals surface area contributed by atoms with E-state index in [0.717, 1.165) is 51.9 Å². The van der Waals surface area contributed by atoms with Gasteiger partial charge in [0, 0.05) is 64.6 Å². The molecule has 0 saturated carbocycles. The van der Waals surface area contributed by atoms with Crippen LogP contribution in [-0.2, 0) is 23.1 Å². The molecule has 1 atom stereocenters. The van der Waals surface area contributed by atoms with Gasteiger partial charge in [-0.3, -0.25) is 29.7 Å². The first-order valence-corrected chi connectivity index (χ1v) is 21.5. The summed E-state index contributed by atoms with van der Waals surface area (Å²) in [6.45, 7) is 4.23. The molecule has 3 aliphatic heterocycles. The van der Waals surface area contributed by atoms with Gasteiger partial charge in [0.25, 0.3) is 0 Å². The van der Waals surface area contributed by atoms with E-state index < -0.39 is 5.92 Å². The lowest BCUT2D eigenvalue weighted by atomic mass is 9.86. The number of amides is 4. The largest absolute Gasteiger partial charge is 0.496 e. The van der Waals surface area contributed by atoms with Crippen molar-refractivity contribution < 1.29 is 29.7 Å². The van der Waals surface area contributed by atoms with Crippen molar-refractivity contribution in [3.05, 3.63) is 124 Å². The van der Waals surface area contributed by atoms with Gasteiger partial charge in [-0.15, -0.1) is 5.10 Å². The molecule has 3 aromatic heterocycles. The van der Waals surface area contributed by atoms with Crippen LogP contribution in [0.25, 0.3) is 27.9 Å². The van der Waals surface area contributed by atoms with Gasteiger partial charge in [0.2, 0.25) is 11.8 Å². The summed E-state index contributed by atoms with van der Waals surface area (Å²) in [5, 5.41) is 6.64. The second-order valence-electron chi connectivity index (χ2n) is 16.2. The summed E-state index contributed by atoms with van der Waals surface area (Å²) in [6, 6.07) is 22.5. The summed E-state index contributed by atoms with van der Waals surface area (Å²) < 4.78 is 29.9. The number of methoxy groups -OCH3 is 2. The fraction of sp³-hybridized carbons (Fsp3) is 0.312. The van der Waals surface area contributed by atoms with Crippen LogP contribution in [-0.4, -0.2) is 82.6 Å². The highest BCUT2D eigenvalue weighted by molar-refractivity contribution is 6.06. The van der Waals surface area contributed by atoms with Gasteiger partial charge in [-0.2, -0.15) is 0 Å². The average Bonchev–Trinajstić information content (AvgIpc) is 3.85. The summed E-state index contributed by atoms with van der Waals surface area (Å²) in [7, 11) is 4.68. The molecule has 15 nitrogen and oxygen atoms in total. The Kier molecular flexibility index (Phi) is 11.4. The Labute approximate surface area is 370 Å². The fourth-order valence-corrected chi connectivity index (χ4v) is 9.37. The minimum absolute atomic E-state index is 0. The topological polar surface area (TPSA) is 157 Å². The summed E-state index contributed by atoms with van der Waals surface area (Å²) >= 11 is 0. The minimum Gasteiger partial charge on any atom is -0.496 e. The number of carbonyl (C=O) groups is 3. The van der Waals surface area contributed by atoms with Crippen LogP contribution in [0.5, 0.6) is 11.8 Å². The van der Waals surface area contributed by atoms with E-state index >= 15 is 4.39 Å². The fourth-order valence-electron chi connectivity index (χ4n) is 9.37. The Morgan fingerprint density at radius 2 is 1.58 bits per heavy atom. The SMILES string of the molecule is CCc1c(-c2ccc(-n3c(OC)nn(C)c3=O)cc2-c2ccc(C3CCN(c4ccc(C5CCC(=O)NC5=O)cc4F)CC3)cc2OC)ccnc1N1CCN(c2cccnc2)C1=O.[HH]. The molecule has 1 unspecified atom stereocenters. The molecule has 64 heavy (non-hydrogen) atoms. The number of carbonyl (C=O) groups excluding carboxylic acids is 3. The van der Waals surface area contributed by atoms with Gasteiger partial charge in [0.1, 0.15) is 17.4 Å². The van der Waals surface area contributed by atoms with Crippen LogP contribution in [0.15, 0.2) is 96.2 Å². The maximum absolute atomic E-state index is 15.6. The number of nitrogens with zero attached hydrogens (tertiary/aromatic N) is 8. The molecule has 3 fully saturated rings. The number of imide groups is 1. The standard InChI is InChI=1S/C48H48FN9O6.H2/c1-5-34-37(16-20-51-44(34)57-24-23-56(48(57)62)33-7-6-19-50-28-33)36-12-10-32(58-46(64-4)53-54(2)47(58)61)27-39(36)38-11-8-30(26-42(38)63-3)29-17-21-55(22-18-29)41-14-9-31(25-40(41)49)35-13-15-43(59)52-45(35)60;/h6-12,14,16,19-20,25-29,35H,5,13,15,17-18,21-24H2,1-4H3,(H,52,59,60);1H. The molecule has 1 N–H and O–H groups in total. The Morgan fingerprint density at radius 1 is 0.797 bits per heavy atom. The van der Waals surface area contributed by atoms with E-state index in [1.54, 1.807) is 54.7 Å². The Hall–Kier alpha value is -7.36. The maximum Gasteiger partial charge on any atom is 0.353 e. The molecule has 4 amide bonds. The molecule has 9 rings (SSSR count). The summed E-state index contributed by atoms with van der Waals surface area (Å²) in [5.74, 6) is -0.242. The third-order valence-corrected chi connectivity index (χ3v) is 12.7. The number of nitrogens with one attached hydrogen (secondary N) is 1. The zero-order valence-corrected chi connectivity index (χ0v) is 36.1. The van der Waals surface area contributed by atoms with E-state index in [-0.39, 0.29) is 49.1 Å². The predicted octanol–water partition coefficient (Wildman–Crippen LogP) is 7.01. The van der Waals surface area contributed by atoms with Crippen molar-refractivity contribution in [3.8, 4) is 39.7 Å². The van der Waals surface area contributed by atoms with Crippen molar-refractivity contribution in [2.45, 2.75) is 50.9 Å². The van der Waals surface area contributed by atoms with Gasteiger partial charge >= 0.3 is 17.7 Å². The predicted molar refractivity (Wildman–Crippen MR) is 242 cm³/mol. The van der Waals surface area contributed by atoms with Gasteiger partial charge in [0.15, 0.2) is 0 Å². The number of aromatic nitrogens is 5. The van der Waals surface area contributed by atoms with Crippen molar-refractivity contribution in [2.24, 2.45) is 7.05 Å². The van der Waals surface area contributed by atoms with Gasteiger partial charge in [-0.1, -0.05) is 31.2 Å². The van der Waals surface area contributed by atoms with Crippen LogP contribution in [0, 0.1) is 5.82 Å². The lowest BCUT2D eigenvalue weighted by Gasteiger charge is -2.34. The van der Waals surface area contributed by atoms with Crippen molar-refractivity contribution in [1.82, 2.24) is 29.6 Å². The maximum atomic E-state index is 15.6. The lowest BCUT2D eigenvalue weighted by Crippen LogP contribution is -2.39. The highest BCUT2D eigenvalue weighted by atomic mass is 19.1. The molecule has 330 valence electrons. The second kappa shape index (κ2) is 17.4. The van der Waals surface area contributed by atoms with Gasteiger partial charge in [0.05, 0.1) is 43.4 Å². The Bertz CT molecular complexity index is 2840. The number of rotatable bonds is 11. The number of piperidine rings is 2. The van der Waals surface area contributed by atoms with Crippen LogP contribution in [0.1, 0.15) is 62.6 Å². The molecule has 3 saturated heterocycles. The average molecular weight is 868 g/mol. The molecule has 3 aromatic carbocycles. The summed E-state index contributed by atoms with van der Waals surface area (Å²) in [6.07, 6.45) is 7.80. The number of urea groups is 1. The van der Waals surface area contributed by atoms with Crippen LogP contribution in [0.4, 0.5) is 26.4 Å². The normalized spacial score (nSPS) is 17.0. The van der Waals surface area contributed by atoms with Crippen molar-refractivity contribution in [1.29, 1.82) is 0 Å². The van der Waals surface area contributed by atoms with E-state index in [1.165, 1.54) is 22.4 Å². The molecule has 3 aliphatic rings. The van der Waals surface area contributed by atoms with E-state index in [9.17, 15) is 19.2 Å². The van der Waals surface area contributed by atoms with Crippen molar-refractivity contribution in [3.63, 3.8) is 0 Å². The van der Waals surface area contributed by atoms with Crippen LogP contribution in [0.2, 0.25) is 0 Å². The monoisotopic (exact) mass is 867 g/mol. The highest BCUT2D eigenvalue weighted by Crippen LogP contribution is 2.44. The van der Waals surface area contributed by atoms with E-state index in [1.807, 2.05) is 54.3 Å². The highest BCUT2D eigenvalue weighted by Gasteiger charge is 2.34. The first-order chi connectivity index (χ1) is 31.1. The number of aryl methyl sites for hydroxylation is 1. The molecule has 6 heterocycles. The molecule has 6 aromatic rings. The van der Waals surface area contributed by atoms with Gasteiger partial charge < -0.3 is 14.4 Å². The quantitative estimate of drug-likeness (QED) is 0.134. The molecule has 16 heteroatoms. The Balaban J connectivity index is 0.00000576. The number of anilines is 3. The van der Waals surface area contributed by atoms with Gasteiger partial charge in [-0.05, 0) is 108 Å². The number of benzene rings is 3. The third kappa shape index (κ3) is 7.62. The molecule has 0 radical (unpaired) electrons. The number of pyridine rings is 2. The first-order valence-electron chi connectivity index (χ1n) is 21.5. The van der Waals surface area contributed by atoms with Crippen LogP contribution >= 0.6 is 0 Å². The summed E-state index contributed by atoms with van der Waals surface area (Å²) in [4.78, 5) is 65.9. The van der Waals surface area contributed by atoms with E-state index in [4.69, 9.17) is 14.5 Å². The van der Waals surface area contributed by atoms with Crippen LogP contribution < -0.4 is 35.2 Å². The number of hydrogen-bond acceptors (Lipinski definition) is 10. The number of hydrogen-bond donors (Lipinski definition) is 1. The molecular weight excluding hydrogens is 818 g/mol.